The van der Waals surface area contributed by atoms with E-state index in [9.17, 15) is 4.79 Å². The van der Waals surface area contributed by atoms with E-state index in [1.54, 1.807) is 25.5 Å². The normalized spacial score (nSPS) is 12.3. The number of amides is 1. The second kappa shape index (κ2) is 10.8. The van der Waals surface area contributed by atoms with Gasteiger partial charge in [0, 0.05) is 36.8 Å². The maximum atomic E-state index is 12.7. The first-order chi connectivity index (χ1) is 13.6. The van der Waals surface area contributed by atoms with Gasteiger partial charge in [0.05, 0.1) is 24.8 Å². The number of ether oxygens (including phenoxy) is 1. The minimum Gasteiger partial charge on any atom is -0.393 e. The van der Waals surface area contributed by atoms with Crippen molar-refractivity contribution in [3.8, 4) is 0 Å². The number of anilines is 1. The van der Waals surface area contributed by atoms with Crippen molar-refractivity contribution in [1.82, 2.24) is 15.6 Å². The molecule has 7 nitrogen and oxygen atoms in total. The maximum Gasteiger partial charge on any atom is 0.255 e. The molecule has 0 fully saturated rings. The smallest absolute Gasteiger partial charge is 0.255 e. The van der Waals surface area contributed by atoms with Crippen molar-refractivity contribution in [2.75, 3.05) is 19.4 Å². The SMILES string of the molecule is CC[C@H](COCc1ccccc1)NC(=O)c1cc(/C(C=N)=C/NC)cnc1N. The molecule has 1 heterocycles. The lowest BCUT2D eigenvalue weighted by Crippen LogP contribution is -2.38. The summed E-state index contributed by atoms with van der Waals surface area (Å²) in [5, 5.41) is 13.3. The Morgan fingerprint density at radius 1 is 1.36 bits per heavy atom. The zero-order valence-electron chi connectivity index (χ0n) is 16.2. The standard InChI is InChI=1S/C21H27N5O2/c1-3-18(14-28-13-15-7-5-4-6-8-15)26-21(27)19-9-16(12-25-20(19)23)17(10-22)11-24-2/h4-12,18,22,24H,3,13-14H2,1-2H3,(H2,23,25)(H,26,27)/b17-11+,22-10?/t18-/m1/s1. The summed E-state index contributed by atoms with van der Waals surface area (Å²) in [5.74, 6) is -0.161. The average Bonchev–Trinajstić information content (AvgIpc) is 2.72. The Morgan fingerprint density at radius 3 is 2.75 bits per heavy atom. The molecule has 1 amide bonds. The lowest BCUT2D eigenvalue weighted by Gasteiger charge is -2.18. The third-order valence-electron chi connectivity index (χ3n) is 4.21. The first-order valence-electron chi connectivity index (χ1n) is 9.15. The third-order valence-corrected chi connectivity index (χ3v) is 4.21. The quantitative estimate of drug-likeness (QED) is 0.473. The van der Waals surface area contributed by atoms with E-state index in [1.807, 2.05) is 37.3 Å². The Hall–Kier alpha value is -3.19. The summed E-state index contributed by atoms with van der Waals surface area (Å²) in [5.41, 5.74) is 8.50. The van der Waals surface area contributed by atoms with Crippen LogP contribution in [0.4, 0.5) is 5.82 Å². The third kappa shape index (κ3) is 5.92. The molecule has 0 saturated carbocycles. The van der Waals surface area contributed by atoms with Crippen LogP contribution in [0, 0.1) is 5.41 Å². The Kier molecular flexibility index (Phi) is 8.17. The number of nitrogen functional groups attached to an aromatic ring is 1. The Balaban J connectivity index is 2.03. The fourth-order valence-corrected chi connectivity index (χ4v) is 2.60. The van der Waals surface area contributed by atoms with Gasteiger partial charge in [-0.2, -0.15) is 0 Å². The van der Waals surface area contributed by atoms with Gasteiger partial charge in [0.25, 0.3) is 5.91 Å². The second-order valence-corrected chi connectivity index (χ2v) is 6.27. The number of hydrogen-bond donors (Lipinski definition) is 4. The summed E-state index contributed by atoms with van der Waals surface area (Å²) >= 11 is 0. The van der Waals surface area contributed by atoms with Crippen LogP contribution in [0.15, 0.2) is 48.8 Å². The number of hydrogen-bond acceptors (Lipinski definition) is 6. The number of pyridine rings is 1. The van der Waals surface area contributed by atoms with Crippen molar-refractivity contribution in [2.45, 2.75) is 26.0 Å². The molecule has 0 aliphatic rings. The molecule has 0 spiro atoms. The van der Waals surface area contributed by atoms with E-state index in [1.165, 1.54) is 6.21 Å². The summed E-state index contributed by atoms with van der Waals surface area (Å²) in [6.45, 7) is 2.87. The molecule has 0 aliphatic heterocycles. The molecule has 2 rings (SSSR count). The van der Waals surface area contributed by atoms with Crippen LogP contribution in [0.1, 0.15) is 34.8 Å². The summed E-state index contributed by atoms with van der Waals surface area (Å²) in [6, 6.07) is 11.4. The molecular formula is C21H27N5O2. The molecule has 7 heteroatoms. The van der Waals surface area contributed by atoms with E-state index >= 15 is 0 Å². The lowest BCUT2D eigenvalue weighted by atomic mass is 10.1. The van der Waals surface area contributed by atoms with Crippen molar-refractivity contribution in [3.05, 3.63) is 65.5 Å². The fourth-order valence-electron chi connectivity index (χ4n) is 2.60. The molecule has 28 heavy (non-hydrogen) atoms. The zero-order chi connectivity index (χ0) is 20.4. The van der Waals surface area contributed by atoms with Crippen LogP contribution in [0.3, 0.4) is 0 Å². The first kappa shape index (κ1) is 21.1. The number of benzene rings is 1. The van der Waals surface area contributed by atoms with Gasteiger partial charge in [-0.25, -0.2) is 4.98 Å². The second-order valence-electron chi connectivity index (χ2n) is 6.27. The van der Waals surface area contributed by atoms with Crippen molar-refractivity contribution in [1.29, 1.82) is 5.41 Å². The summed E-state index contributed by atoms with van der Waals surface area (Å²) in [6.07, 6.45) is 5.12. The largest absolute Gasteiger partial charge is 0.393 e. The van der Waals surface area contributed by atoms with Gasteiger partial charge in [-0.05, 0) is 18.1 Å². The van der Waals surface area contributed by atoms with E-state index < -0.39 is 0 Å². The molecule has 0 unspecified atom stereocenters. The van der Waals surface area contributed by atoms with E-state index in [0.29, 0.717) is 24.4 Å². The van der Waals surface area contributed by atoms with Crippen molar-refractivity contribution in [3.63, 3.8) is 0 Å². The van der Waals surface area contributed by atoms with Gasteiger partial charge in [0.15, 0.2) is 0 Å². The Labute approximate surface area is 165 Å². The van der Waals surface area contributed by atoms with Crippen LogP contribution < -0.4 is 16.4 Å². The Morgan fingerprint density at radius 2 is 2.11 bits per heavy atom. The number of allylic oxidation sites excluding steroid dienone is 1. The molecule has 1 aromatic carbocycles. The lowest BCUT2D eigenvalue weighted by molar-refractivity contribution is 0.0792. The highest BCUT2D eigenvalue weighted by Crippen LogP contribution is 2.17. The van der Waals surface area contributed by atoms with Gasteiger partial charge in [-0.1, -0.05) is 37.3 Å². The predicted molar refractivity (Wildman–Crippen MR) is 112 cm³/mol. The molecule has 0 radical (unpaired) electrons. The number of nitrogens with zero attached hydrogens (tertiary/aromatic N) is 1. The molecule has 0 saturated heterocycles. The fraction of sp³-hybridized carbons (Fsp3) is 0.286. The van der Waals surface area contributed by atoms with Crippen LogP contribution in [0.25, 0.3) is 5.57 Å². The predicted octanol–water partition coefficient (Wildman–Crippen LogP) is 2.60. The molecule has 2 aromatic rings. The van der Waals surface area contributed by atoms with Gasteiger partial charge in [-0.3, -0.25) is 4.79 Å². The van der Waals surface area contributed by atoms with E-state index in [4.69, 9.17) is 15.9 Å². The zero-order valence-corrected chi connectivity index (χ0v) is 16.2. The van der Waals surface area contributed by atoms with Crippen LogP contribution in [0.2, 0.25) is 0 Å². The first-order valence-corrected chi connectivity index (χ1v) is 9.15. The van der Waals surface area contributed by atoms with Crippen molar-refractivity contribution in [2.24, 2.45) is 0 Å². The summed E-state index contributed by atoms with van der Waals surface area (Å²) in [4.78, 5) is 16.8. The number of carbonyl (C=O) groups is 1. The van der Waals surface area contributed by atoms with Crippen LogP contribution >= 0.6 is 0 Å². The van der Waals surface area contributed by atoms with E-state index in [0.717, 1.165) is 12.0 Å². The van der Waals surface area contributed by atoms with Gasteiger partial charge in [0.2, 0.25) is 0 Å². The van der Waals surface area contributed by atoms with E-state index in [2.05, 4.69) is 15.6 Å². The minimum absolute atomic E-state index is 0.144. The summed E-state index contributed by atoms with van der Waals surface area (Å²) < 4.78 is 5.74. The number of nitrogens with one attached hydrogen (secondary N) is 3. The summed E-state index contributed by atoms with van der Waals surface area (Å²) in [7, 11) is 1.74. The highest BCUT2D eigenvalue weighted by Gasteiger charge is 2.17. The van der Waals surface area contributed by atoms with Gasteiger partial charge in [0.1, 0.15) is 5.82 Å². The number of carbonyl (C=O) groups excluding carboxylic acids is 1. The van der Waals surface area contributed by atoms with Crippen molar-refractivity contribution < 1.29 is 9.53 Å². The minimum atomic E-state index is -0.309. The monoisotopic (exact) mass is 381 g/mol. The number of rotatable bonds is 10. The van der Waals surface area contributed by atoms with Gasteiger partial charge in [-0.15, -0.1) is 0 Å². The molecule has 148 valence electrons. The maximum absolute atomic E-state index is 12.7. The molecular weight excluding hydrogens is 354 g/mol. The topological polar surface area (TPSA) is 113 Å². The van der Waals surface area contributed by atoms with Crippen molar-refractivity contribution >= 4 is 23.5 Å². The number of nitrogens with two attached hydrogens (primary N) is 1. The number of aromatic nitrogens is 1. The van der Waals surface area contributed by atoms with E-state index in [-0.39, 0.29) is 23.3 Å². The molecule has 1 atom stereocenters. The van der Waals surface area contributed by atoms with Crippen LogP contribution in [0.5, 0.6) is 0 Å². The Bertz CT molecular complexity index is 821. The highest BCUT2D eigenvalue weighted by atomic mass is 16.5. The molecule has 1 aromatic heterocycles. The highest BCUT2D eigenvalue weighted by molar-refractivity contribution is 6.09. The van der Waals surface area contributed by atoms with Gasteiger partial charge < -0.3 is 26.5 Å². The van der Waals surface area contributed by atoms with Crippen LogP contribution in [-0.2, 0) is 11.3 Å². The van der Waals surface area contributed by atoms with Crippen LogP contribution in [-0.4, -0.2) is 36.8 Å². The molecule has 5 N–H and O–H groups in total. The molecule has 0 aliphatic carbocycles. The average molecular weight is 381 g/mol. The molecule has 0 bridgehead atoms. The van der Waals surface area contributed by atoms with Gasteiger partial charge >= 0.3 is 0 Å².